The molecule has 0 fully saturated rings. The summed E-state index contributed by atoms with van der Waals surface area (Å²) in [5, 5.41) is 7.58. The van der Waals surface area contributed by atoms with Crippen molar-refractivity contribution < 1.29 is 4.42 Å². The number of furan rings is 1. The number of fused-ring (bicyclic) bond motifs is 6. The second kappa shape index (κ2) is 8.64. The molecule has 0 aliphatic heterocycles. The lowest BCUT2D eigenvalue weighted by atomic mass is 9.92. The summed E-state index contributed by atoms with van der Waals surface area (Å²) < 4.78 is 6.46. The lowest BCUT2D eigenvalue weighted by Crippen LogP contribution is -1.87. The molecule has 1 heterocycles. The van der Waals surface area contributed by atoms with Gasteiger partial charge in [0, 0.05) is 16.3 Å². The van der Waals surface area contributed by atoms with Gasteiger partial charge < -0.3 is 4.42 Å². The molecule has 0 amide bonds. The van der Waals surface area contributed by atoms with E-state index in [-0.39, 0.29) is 0 Å². The highest BCUT2D eigenvalue weighted by atomic mass is 16.3. The van der Waals surface area contributed by atoms with E-state index in [1.165, 1.54) is 65.7 Å². The molecule has 178 valence electrons. The number of aryl methyl sites for hydroxylation is 2. The van der Waals surface area contributed by atoms with Gasteiger partial charge in [0.1, 0.15) is 11.2 Å². The second-order valence-corrected chi connectivity index (χ2v) is 9.93. The van der Waals surface area contributed by atoms with Gasteiger partial charge in [-0.25, -0.2) is 0 Å². The Kier molecular flexibility index (Phi) is 5.11. The van der Waals surface area contributed by atoms with Gasteiger partial charge in [-0.3, -0.25) is 0 Å². The molecule has 0 bridgehead atoms. The highest BCUT2D eigenvalue weighted by Gasteiger charge is 2.15. The average molecular weight is 477 g/mol. The highest BCUT2D eigenvalue weighted by Crippen LogP contribution is 2.39. The fraction of sp³-hybridized carbons (Fsp3) is 0.111. The minimum absolute atomic E-state index is 0.959. The van der Waals surface area contributed by atoms with Crippen LogP contribution in [0.1, 0.15) is 25.0 Å². The van der Waals surface area contributed by atoms with Crippen molar-refractivity contribution in [1.29, 1.82) is 0 Å². The smallest absolute Gasteiger partial charge is 0.143 e. The number of benzene rings is 6. The minimum atomic E-state index is 0.959. The van der Waals surface area contributed by atoms with Crippen molar-refractivity contribution in [3.05, 3.63) is 120 Å². The summed E-state index contributed by atoms with van der Waals surface area (Å²) in [6.07, 6.45) is 2.01. The molecular formula is C36H28O. The van der Waals surface area contributed by atoms with E-state index in [0.29, 0.717) is 0 Å². The first-order valence-corrected chi connectivity index (χ1v) is 13.2. The van der Waals surface area contributed by atoms with Gasteiger partial charge in [0.05, 0.1) is 0 Å². The van der Waals surface area contributed by atoms with E-state index >= 15 is 0 Å². The normalized spacial score (nSPS) is 11.7. The SMILES string of the molecule is CCc1ccc2oc3c(-c4ccc(-c5cc6ccccc6c6ccccc56)cc4)cc(CC)cc3c2c1. The van der Waals surface area contributed by atoms with Gasteiger partial charge in [0.15, 0.2) is 0 Å². The Morgan fingerprint density at radius 1 is 0.486 bits per heavy atom. The molecule has 1 aromatic heterocycles. The minimum Gasteiger partial charge on any atom is -0.455 e. The fourth-order valence-electron chi connectivity index (χ4n) is 5.75. The largest absolute Gasteiger partial charge is 0.455 e. The second-order valence-electron chi connectivity index (χ2n) is 9.93. The monoisotopic (exact) mass is 476 g/mol. The van der Waals surface area contributed by atoms with Crippen LogP contribution < -0.4 is 0 Å². The molecule has 7 aromatic rings. The molecule has 0 unspecified atom stereocenters. The number of hydrogen-bond acceptors (Lipinski definition) is 1. The molecule has 0 aliphatic carbocycles. The molecular weight excluding hydrogens is 448 g/mol. The zero-order chi connectivity index (χ0) is 24.9. The van der Waals surface area contributed by atoms with E-state index in [1.54, 1.807) is 0 Å². The third-order valence-corrected chi connectivity index (χ3v) is 7.79. The zero-order valence-corrected chi connectivity index (χ0v) is 21.2. The summed E-state index contributed by atoms with van der Waals surface area (Å²) in [5.41, 5.74) is 9.45. The molecule has 0 saturated heterocycles. The van der Waals surface area contributed by atoms with Crippen LogP contribution in [-0.4, -0.2) is 0 Å². The van der Waals surface area contributed by atoms with Crippen molar-refractivity contribution in [2.45, 2.75) is 26.7 Å². The summed E-state index contributed by atoms with van der Waals surface area (Å²) in [6.45, 7) is 4.42. The Morgan fingerprint density at radius 3 is 1.89 bits per heavy atom. The van der Waals surface area contributed by atoms with Crippen LogP contribution in [0.15, 0.2) is 114 Å². The van der Waals surface area contributed by atoms with Gasteiger partial charge in [-0.15, -0.1) is 0 Å². The summed E-state index contributed by atoms with van der Waals surface area (Å²) >= 11 is 0. The van der Waals surface area contributed by atoms with Crippen LogP contribution in [0.5, 0.6) is 0 Å². The lowest BCUT2D eigenvalue weighted by molar-refractivity contribution is 0.669. The van der Waals surface area contributed by atoms with E-state index in [9.17, 15) is 0 Å². The first-order valence-electron chi connectivity index (χ1n) is 13.2. The molecule has 7 rings (SSSR count). The van der Waals surface area contributed by atoms with Crippen LogP contribution in [0.4, 0.5) is 0 Å². The summed E-state index contributed by atoms with van der Waals surface area (Å²) in [7, 11) is 0. The third kappa shape index (κ3) is 3.54. The van der Waals surface area contributed by atoms with Crippen molar-refractivity contribution in [2.75, 3.05) is 0 Å². The number of hydrogen-bond donors (Lipinski definition) is 0. The Labute approximate surface area is 217 Å². The van der Waals surface area contributed by atoms with Crippen molar-refractivity contribution >= 4 is 43.5 Å². The third-order valence-electron chi connectivity index (χ3n) is 7.79. The molecule has 0 atom stereocenters. The van der Waals surface area contributed by atoms with Crippen molar-refractivity contribution in [1.82, 2.24) is 0 Å². The fourth-order valence-corrected chi connectivity index (χ4v) is 5.75. The topological polar surface area (TPSA) is 13.1 Å². The van der Waals surface area contributed by atoms with E-state index in [1.807, 2.05) is 0 Å². The molecule has 1 nitrogen and oxygen atoms in total. The summed E-state index contributed by atoms with van der Waals surface area (Å²) in [6, 6.07) is 39.9. The van der Waals surface area contributed by atoms with Crippen LogP contribution in [0.2, 0.25) is 0 Å². The highest BCUT2D eigenvalue weighted by molar-refractivity contribution is 6.14. The molecule has 0 aliphatic rings. The molecule has 0 spiro atoms. The molecule has 0 saturated carbocycles. The van der Waals surface area contributed by atoms with Crippen LogP contribution in [-0.2, 0) is 12.8 Å². The molecule has 0 N–H and O–H groups in total. The number of rotatable bonds is 4. The van der Waals surface area contributed by atoms with E-state index in [4.69, 9.17) is 4.42 Å². The van der Waals surface area contributed by atoms with Crippen LogP contribution in [0, 0.1) is 0 Å². The van der Waals surface area contributed by atoms with Gasteiger partial charge in [-0.05, 0) is 92.5 Å². The molecule has 6 aromatic carbocycles. The summed E-state index contributed by atoms with van der Waals surface area (Å²) in [4.78, 5) is 0. The van der Waals surface area contributed by atoms with E-state index < -0.39 is 0 Å². The first-order chi connectivity index (χ1) is 18.2. The van der Waals surface area contributed by atoms with Gasteiger partial charge in [0.2, 0.25) is 0 Å². The Balaban J connectivity index is 1.40. The average Bonchev–Trinajstić information content (AvgIpc) is 3.34. The predicted octanol–water partition coefficient (Wildman–Crippen LogP) is 10.4. The standard InChI is InChI=1S/C36H28O/c1-3-23-13-18-35-33(19-23)34-21-24(4-2)20-32(36(34)37-35)26-16-14-25(15-17-26)31-22-27-9-5-6-10-28(27)29-11-7-8-12-30(29)31/h5-22H,3-4H2,1-2H3. The van der Waals surface area contributed by atoms with Crippen molar-refractivity contribution in [2.24, 2.45) is 0 Å². The van der Waals surface area contributed by atoms with E-state index in [0.717, 1.165) is 24.0 Å². The predicted molar refractivity (Wildman–Crippen MR) is 158 cm³/mol. The first kappa shape index (κ1) is 21.9. The zero-order valence-electron chi connectivity index (χ0n) is 21.2. The van der Waals surface area contributed by atoms with Crippen LogP contribution in [0.25, 0.3) is 65.7 Å². The molecule has 37 heavy (non-hydrogen) atoms. The van der Waals surface area contributed by atoms with Gasteiger partial charge in [-0.1, -0.05) is 92.7 Å². The molecule has 1 heteroatoms. The Hall–Kier alpha value is -4.36. The lowest BCUT2D eigenvalue weighted by Gasteiger charge is -2.12. The quantitative estimate of drug-likeness (QED) is 0.230. The van der Waals surface area contributed by atoms with E-state index in [2.05, 4.69) is 123 Å². The maximum atomic E-state index is 6.46. The van der Waals surface area contributed by atoms with Crippen molar-refractivity contribution in [3.8, 4) is 22.3 Å². The maximum Gasteiger partial charge on any atom is 0.143 e. The van der Waals surface area contributed by atoms with Crippen LogP contribution in [0.3, 0.4) is 0 Å². The Bertz CT molecular complexity index is 1940. The molecule has 0 radical (unpaired) electrons. The van der Waals surface area contributed by atoms with Crippen LogP contribution >= 0.6 is 0 Å². The van der Waals surface area contributed by atoms with Gasteiger partial charge in [0.25, 0.3) is 0 Å². The van der Waals surface area contributed by atoms with Crippen molar-refractivity contribution in [3.63, 3.8) is 0 Å². The van der Waals surface area contributed by atoms with Gasteiger partial charge in [-0.2, -0.15) is 0 Å². The Morgan fingerprint density at radius 2 is 1.14 bits per heavy atom. The van der Waals surface area contributed by atoms with Gasteiger partial charge >= 0.3 is 0 Å². The summed E-state index contributed by atoms with van der Waals surface area (Å²) in [5.74, 6) is 0. The maximum absolute atomic E-state index is 6.46.